The van der Waals surface area contributed by atoms with Gasteiger partial charge in [0.25, 0.3) is 5.91 Å². The smallest absolute Gasteiger partial charge is 0.267 e. The van der Waals surface area contributed by atoms with Crippen molar-refractivity contribution >= 4 is 17.2 Å². The van der Waals surface area contributed by atoms with E-state index in [1.165, 1.54) is 12.1 Å². The Morgan fingerprint density at radius 1 is 1.26 bits per heavy atom. The Balaban J connectivity index is 1.76. The first-order valence-corrected chi connectivity index (χ1v) is 8.43. The van der Waals surface area contributed by atoms with Gasteiger partial charge in [0.2, 0.25) is 6.10 Å². The number of ether oxygens (including phenoxy) is 2. The lowest BCUT2D eigenvalue weighted by Gasteiger charge is -2.46. The molecule has 0 saturated carbocycles. The first-order valence-electron chi connectivity index (χ1n) is 7.55. The van der Waals surface area contributed by atoms with Crippen molar-refractivity contribution in [2.24, 2.45) is 0 Å². The zero-order valence-electron chi connectivity index (χ0n) is 12.8. The quantitative estimate of drug-likeness (QED) is 0.576. The highest BCUT2D eigenvalue weighted by atomic mass is 32.1. The molecule has 0 spiro atoms. The van der Waals surface area contributed by atoms with Crippen LogP contribution in [0.2, 0.25) is 0 Å². The minimum atomic E-state index is -0.688. The molecule has 1 aromatic carbocycles. The molecule has 0 aliphatic carbocycles. The maximum absolute atomic E-state index is 13.8. The van der Waals surface area contributed by atoms with Crippen LogP contribution in [0, 0.1) is 5.82 Å². The van der Waals surface area contributed by atoms with Crippen molar-refractivity contribution in [3.63, 3.8) is 0 Å². The summed E-state index contributed by atoms with van der Waals surface area (Å²) >= 11 is 1.56. The van der Waals surface area contributed by atoms with E-state index in [0.29, 0.717) is 19.8 Å². The van der Waals surface area contributed by atoms with Gasteiger partial charge >= 0.3 is 0 Å². The van der Waals surface area contributed by atoms with Crippen LogP contribution >= 0.6 is 11.3 Å². The molecule has 0 bridgehead atoms. The van der Waals surface area contributed by atoms with Crippen LogP contribution in [0.1, 0.15) is 17.8 Å². The number of rotatable bonds is 7. The summed E-state index contributed by atoms with van der Waals surface area (Å²) in [7, 11) is 0. The summed E-state index contributed by atoms with van der Waals surface area (Å²) in [6.45, 7) is 3.52. The standard InChI is InChI=1S/C17H18FNO3S/c1-2-21-10-9-19-15(14-8-5-11-23-14)16(17(19)20)22-13-7-4-3-6-12(13)18/h3-8,11,15-16H,2,9-10H2,1H3. The molecule has 1 saturated heterocycles. The molecular weight excluding hydrogens is 317 g/mol. The van der Waals surface area contributed by atoms with Crippen LogP contribution in [0.4, 0.5) is 4.39 Å². The van der Waals surface area contributed by atoms with E-state index in [9.17, 15) is 9.18 Å². The summed E-state index contributed by atoms with van der Waals surface area (Å²) in [4.78, 5) is 15.2. The summed E-state index contributed by atoms with van der Waals surface area (Å²) in [5.41, 5.74) is 0. The number of para-hydroxylation sites is 1. The Morgan fingerprint density at radius 3 is 2.78 bits per heavy atom. The molecular formula is C17H18FNO3S. The lowest BCUT2D eigenvalue weighted by Crippen LogP contribution is -2.61. The molecule has 4 nitrogen and oxygen atoms in total. The Morgan fingerprint density at radius 2 is 2.09 bits per heavy atom. The molecule has 6 heteroatoms. The van der Waals surface area contributed by atoms with Crippen molar-refractivity contribution in [1.29, 1.82) is 0 Å². The van der Waals surface area contributed by atoms with Crippen molar-refractivity contribution in [2.75, 3.05) is 19.8 Å². The normalized spacial score (nSPS) is 20.4. The van der Waals surface area contributed by atoms with Gasteiger partial charge in [0, 0.05) is 18.0 Å². The van der Waals surface area contributed by atoms with E-state index < -0.39 is 11.9 Å². The number of amides is 1. The van der Waals surface area contributed by atoms with Crippen molar-refractivity contribution < 1.29 is 18.7 Å². The maximum atomic E-state index is 13.8. The Hall–Kier alpha value is -1.92. The van der Waals surface area contributed by atoms with E-state index in [4.69, 9.17) is 9.47 Å². The number of halogens is 1. The first-order chi connectivity index (χ1) is 11.2. The zero-order chi connectivity index (χ0) is 16.2. The fourth-order valence-electron chi connectivity index (χ4n) is 2.63. The average molecular weight is 335 g/mol. The highest BCUT2D eigenvalue weighted by molar-refractivity contribution is 7.10. The van der Waals surface area contributed by atoms with Gasteiger partial charge in [-0.2, -0.15) is 0 Å². The molecule has 122 valence electrons. The van der Waals surface area contributed by atoms with Crippen LogP contribution in [-0.2, 0) is 9.53 Å². The molecule has 1 fully saturated rings. The predicted molar refractivity (Wildman–Crippen MR) is 86.1 cm³/mol. The van der Waals surface area contributed by atoms with E-state index in [0.717, 1.165) is 4.88 Å². The van der Waals surface area contributed by atoms with Crippen LogP contribution < -0.4 is 4.74 Å². The topological polar surface area (TPSA) is 38.8 Å². The van der Waals surface area contributed by atoms with Crippen molar-refractivity contribution in [3.05, 3.63) is 52.5 Å². The number of thiophene rings is 1. The van der Waals surface area contributed by atoms with Crippen LogP contribution in [0.25, 0.3) is 0 Å². The molecule has 1 aliphatic rings. The average Bonchev–Trinajstić information content (AvgIpc) is 3.07. The molecule has 0 N–H and O–H groups in total. The molecule has 2 aromatic rings. The van der Waals surface area contributed by atoms with Gasteiger partial charge in [0.15, 0.2) is 11.6 Å². The highest BCUT2D eigenvalue weighted by Crippen LogP contribution is 2.39. The fourth-order valence-corrected chi connectivity index (χ4v) is 3.49. The largest absolute Gasteiger partial charge is 0.475 e. The number of likely N-dealkylation sites (tertiary alicyclic amines) is 1. The van der Waals surface area contributed by atoms with E-state index >= 15 is 0 Å². The molecule has 2 heterocycles. The van der Waals surface area contributed by atoms with Gasteiger partial charge in [-0.15, -0.1) is 11.3 Å². The third-order valence-electron chi connectivity index (χ3n) is 3.75. The van der Waals surface area contributed by atoms with Gasteiger partial charge in [0.1, 0.15) is 6.04 Å². The van der Waals surface area contributed by atoms with E-state index in [2.05, 4.69) is 0 Å². The second-order valence-electron chi connectivity index (χ2n) is 5.16. The van der Waals surface area contributed by atoms with E-state index in [1.807, 2.05) is 24.4 Å². The lowest BCUT2D eigenvalue weighted by atomic mass is 9.96. The molecule has 2 atom stereocenters. The van der Waals surface area contributed by atoms with Gasteiger partial charge < -0.3 is 14.4 Å². The molecule has 1 amide bonds. The third kappa shape index (κ3) is 3.23. The van der Waals surface area contributed by atoms with Crippen LogP contribution in [0.15, 0.2) is 41.8 Å². The second kappa shape index (κ2) is 7.10. The first kappa shape index (κ1) is 16.0. The van der Waals surface area contributed by atoms with Crippen molar-refractivity contribution in [2.45, 2.75) is 19.1 Å². The van der Waals surface area contributed by atoms with Gasteiger partial charge in [0.05, 0.1) is 6.61 Å². The van der Waals surface area contributed by atoms with Crippen LogP contribution in [-0.4, -0.2) is 36.7 Å². The summed E-state index contributed by atoms with van der Waals surface area (Å²) in [6, 6.07) is 9.85. The number of carbonyl (C=O) groups excluding carboxylic acids is 1. The Labute approximate surface area is 138 Å². The van der Waals surface area contributed by atoms with Gasteiger partial charge in [-0.1, -0.05) is 18.2 Å². The number of carbonyl (C=O) groups is 1. The maximum Gasteiger partial charge on any atom is 0.267 e. The predicted octanol–water partition coefficient (Wildman–Crippen LogP) is 3.25. The van der Waals surface area contributed by atoms with Crippen molar-refractivity contribution in [1.82, 2.24) is 4.90 Å². The summed E-state index contributed by atoms with van der Waals surface area (Å²) in [5, 5.41) is 1.96. The summed E-state index contributed by atoms with van der Waals surface area (Å²) < 4.78 is 24.8. The van der Waals surface area contributed by atoms with Gasteiger partial charge in [-0.3, -0.25) is 4.79 Å². The lowest BCUT2D eigenvalue weighted by molar-refractivity contribution is -0.165. The van der Waals surface area contributed by atoms with Crippen LogP contribution in [0.5, 0.6) is 5.75 Å². The SMILES string of the molecule is CCOCCN1C(=O)C(Oc2ccccc2F)C1c1cccs1. The third-order valence-corrected chi connectivity index (χ3v) is 4.70. The summed E-state index contributed by atoms with van der Waals surface area (Å²) in [5.74, 6) is -0.485. The molecule has 1 aromatic heterocycles. The van der Waals surface area contributed by atoms with Crippen LogP contribution in [0.3, 0.4) is 0 Å². The molecule has 1 aliphatic heterocycles. The minimum Gasteiger partial charge on any atom is -0.475 e. The highest BCUT2D eigenvalue weighted by Gasteiger charge is 2.50. The minimum absolute atomic E-state index is 0.108. The number of nitrogens with zero attached hydrogens (tertiary/aromatic N) is 1. The summed E-state index contributed by atoms with van der Waals surface area (Å²) in [6.07, 6.45) is -0.688. The Kier molecular flexibility index (Phi) is 4.93. The van der Waals surface area contributed by atoms with Gasteiger partial charge in [-0.05, 0) is 30.5 Å². The Bertz CT molecular complexity index is 662. The number of benzene rings is 1. The zero-order valence-corrected chi connectivity index (χ0v) is 13.6. The molecule has 23 heavy (non-hydrogen) atoms. The monoisotopic (exact) mass is 335 g/mol. The van der Waals surface area contributed by atoms with Crippen molar-refractivity contribution in [3.8, 4) is 5.75 Å². The number of hydrogen-bond acceptors (Lipinski definition) is 4. The van der Waals surface area contributed by atoms with E-state index in [1.54, 1.807) is 28.4 Å². The molecule has 3 rings (SSSR count). The van der Waals surface area contributed by atoms with E-state index in [-0.39, 0.29) is 17.7 Å². The number of β-lactam (4-membered cyclic amide) rings is 1. The van der Waals surface area contributed by atoms with Gasteiger partial charge in [-0.25, -0.2) is 4.39 Å². The second-order valence-corrected chi connectivity index (χ2v) is 6.14. The fraction of sp³-hybridized carbons (Fsp3) is 0.353. The molecule has 0 radical (unpaired) electrons. The number of hydrogen-bond donors (Lipinski definition) is 0. The molecule has 2 unspecified atom stereocenters.